The van der Waals surface area contributed by atoms with Crippen LogP contribution in [0.2, 0.25) is 0 Å². The lowest BCUT2D eigenvalue weighted by molar-refractivity contribution is -0.129. The van der Waals surface area contributed by atoms with E-state index in [0.29, 0.717) is 28.9 Å². The number of benzene rings is 1. The molecule has 0 saturated heterocycles. The van der Waals surface area contributed by atoms with Crippen LogP contribution in [0, 0.1) is 29.1 Å². The van der Waals surface area contributed by atoms with Gasteiger partial charge in [-0.15, -0.1) is 0 Å². The highest BCUT2D eigenvalue weighted by Crippen LogP contribution is 2.73. The van der Waals surface area contributed by atoms with Crippen LogP contribution < -0.4 is 5.73 Å². The average molecular weight is 425 g/mol. The van der Waals surface area contributed by atoms with Crippen molar-refractivity contribution in [1.29, 1.82) is 0 Å². The molecule has 0 spiro atoms. The summed E-state index contributed by atoms with van der Waals surface area (Å²) in [7, 11) is 0. The van der Waals surface area contributed by atoms with E-state index in [4.69, 9.17) is 5.73 Å². The average Bonchev–Trinajstić information content (AvgIpc) is 3.16. The Balaban J connectivity index is 1.38. The Hall–Kier alpha value is -1.13. The van der Waals surface area contributed by atoms with E-state index in [9.17, 15) is 4.79 Å². The second kappa shape index (κ2) is 8.09. The molecule has 4 heteroatoms. The van der Waals surface area contributed by atoms with Crippen molar-refractivity contribution in [3.8, 4) is 0 Å². The van der Waals surface area contributed by atoms with Crippen molar-refractivity contribution < 1.29 is 4.79 Å². The lowest BCUT2D eigenvalue weighted by atomic mass is 9.63. The summed E-state index contributed by atoms with van der Waals surface area (Å²) in [4.78, 5) is 18.4. The molecule has 0 aromatic heterocycles. The molecule has 0 heterocycles. The van der Waals surface area contributed by atoms with E-state index >= 15 is 0 Å². The van der Waals surface area contributed by atoms with Gasteiger partial charge in [0.15, 0.2) is 0 Å². The molecule has 0 aliphatic heterocycles. The van der Waals surface area contributed by atoms with Crippen LogP contribution in [-0.4, -0.2) is 29.7 Å². The predicted molar refractivity (Wildman–Crippen MR) is 126 cm³/mol. The Labute approximate surface area is 185 Å². The zero-order valence-corrected chi connectivity index (χ0v) is 19.1. The van der Waals surface area contributed by atoms with Crippen molar-refractivity contribution in [2.75, 3.05) is 12.3 Å². The number of hydrogen-bond acceptors (Lipinski definition) is 3. The minimum Gasteiger partial charge on any atom is -0.330 e. The molecule has 1 aromatic rings. The van der Waals surface area contributed by atoms with Crippen molar-refractivity contribution in [2.45, 2.75) is 69.0 Å². The van der Waals surface area contributed by atoms with E-state index in [-0.39, 0.29) is 16.7 Å². The summed E-state index contributed by atoms with van der Waals surface area (Å²) in [6, 6.07) is 11.0. The first-order chi connectivity index (χ1) is 14.6. The Morgan fingerprint density at radius 2 is 1.93 bits per heavy atom. The Kier molecular flexibility index (Phi) is 5.60. The van der Waals surface area contributed by atoms with Gasteiger partial charge in [-0.3, -0.25) is 4.79 Å². The molecule has 5 atom stereocenters. The molecule has 1 aromatic carbocycles. The molecular weight excluding hydrogens is 388 g/mol. The van der Waals surface area contributed by atoms with Crippen LogP contribution in [0.5, 0.6) is 0 Å². The smallest absolute Gasteiger partial charge is 0.251 e. The van der Waals surface area contributed by atoms with Crippen molar-refractivity contribution in [1.82, 2.24) is 0 Å². The fraction of sp³-hybridized carbons (Fsp3) is 0.692. The number of thioether (sulfide) groups is 1. The lowest BCUT2D eigenvalue weighted by Gasteiger charge is -2.42. The summed E-state index contributed by atoms with van der Waals surface area (Å²) in [5.74, 6) is 3.65. The van der Waals surface area contributed by atoms with Gasteiger partial charge in [-0.2, -0.15) is 11.8 Å². The topological polar surface area (TPSA) is 55.5 Å². The third-order valence-corrected chi connectivity index (χ3v) is 10.3. The van der Waals surface area contributed by atoms with Gasteiger partial charge in [0.05, 0.1) is 5.41 Å². The minimum atomic E-state index is -0.212. The molecule has 5 unspecified atom stereocenters. The van der Waals surface area contributed by atoms with Gasteiger partial charge in [-0.25, -0.2) is 4.99 Å². The van der Waals surface area contributed by atoms with Crippen LogP contribution in [0.4, 0.5) is 0 Å². The highest BCUT2D eigenvalue weighted by molar-refractivity contribution is 7.99. The van der Waals surface area contributed by atoms with Gasteiger partial charge in [0.1, 0.15) is 0 Å². The highest BCUT2D eigenvalue weighted by atomic mass is 32.2. The lowest BCUT2D eigenvalue weighted by Crippen LogP contribution is -2.38. The van der Waals surface area contributed by atoms with Crippen LogP contribution in [0.3, 0.4) is 0 Å². The van der Waals surface area contributed by atoms with Gasteiger partial charge in [0.2, 0.25) is 0 Å². The second-order valence-electron chi connectivity index (χ2n) is 10.5. The molecule has 5 aliphatic carbocycles. The SMILES string of the molecule is CCSC1C2CC3(c4ccccc4)CC1C(C(=O)N=CC1CCC(CN)CC1)(C2)C3. The van der Waals surface area contributed by atoms with Crippen LogP contribution in [0.25, 0.3) is 0 Å². The maximum Gasteiger partial charge on any atom is 0.251 e. The first kappa shape index (κ1) is 20.8. The largest absolute Gasteiger partial charge is 0.330 e. The maximum atomic E-state index is 13.7. The predicted octanol–water partition coefficient (Wildman–Crippen LogP) is 5.23. The van der Waals surface area contributed by atoms with Crippen molar-refractivity contribution in [3.05, 3.63) is 35.9 Å². The third-order valence-electron chi connectivity index (χ3n) is 8.91. The molecule has 4 bridgehead atoms. The van der Waals surface area contributed by atoms with Gasteiger partial charge in [-0.1, -0.05) is 37.3 Å². The van der Waals surface area contributed by atoms with Gasteiger partial charge >= 0.3 is 0 Å². The van der Waals surface area contributed by atoms with E-state index in [1.165, 1.54) is 31.2 Å². The van der Waals surface area contributed by atoms with Gasteiger partial charge in [0, 0.05) is 11.5 Å². The standard InChI is InChI=1S/C26H36N2OS/c1-2-30-23-20-12-25(21-6-4-3-5-7-21)14-22(23)26(13-20,17-25)24(29)28-16-19-10-8-18(15-27)9-11-19/h3-7,16,18-20,22-23H,2,8-15,17,27H2,1H3. The fourth-order valence-electron chi connectivity index (χ4n) is 7.61. The zero-order chi connectivity index (χ0) is 20.8. The summed E-state index contributed by atoms with van der Waals surface area (Å²) in [6.07, 6.45) is 11.2. The number of carbonyl (C=O) groups is 1. The first-order valence-electron chi connectivity index (χ1n) is 12.1. The molecule has 5 aliphatic rings. The van der Waals surface area contributed by atoms with Gasteiger partial charge in [-0.05, 0) is 98.3 Å². The maximum absolute atomic E-state index is 13.7. The summed E-state index contributed by atoms with van der Waals surface area (Å²) in [5, 5.41) is 0.647. The molecule has 162 valence electrons. The number of amides is 1. The number of nitrogens with two attached hydrogens (primary N) is 1. The fourth-order valence-corrected chi connectivity index (χ4v) is 9.04. The summed E-state index contributed by atoms with van der Waals surface area (Å²) < 4.78 is 0. The second-order valence-corrected chi connectivity index (χ2v) is 11.9. The van der Waals surface area contributed by atoms with E-state index < -0.39 is 0 Å². The molecule has 1 amide bonds. The number of rotatable bonds is 6. The Morgan fingerprint density at radius 1 is 1.17 bits per heavy atom. The molecule has 30 heavy (non-hydrogen) atoms. The minimum absolute atomic E-state index is 0.198. The molecule has 5 saturated carbocycles. The molecular formula is C26H36N2OS. The Morgan fingerprint density at radius 3 is 2.63 bits per heavy atom. The van der Waals surface area contributed by atoms with E-state index in [1.807, 2.05) is 6.21 Å². The van der Waals surface area contributed by atoms with Crippen molar-refractivity contribution in [3.63, 3.8) is 0 Å². The zero-order valence-electron chi connectivity index (χ0n) is 18.3. The van der Waals surface area contributed by atoms with Crippen molar-refractivity contribution in [2.24, 2.45) is 39.8 Å². The summed E-state index contributed by atoms with van der Waals surface area (Å²) in [6.45, 7) is 3.06. The third kappa shape index (κ3) is 3.30. The number of nitrogens with zero attached hydrogens (tertiary/aromatic N) is 1. The molecule has 2 N–H and O–H groups in total. The highest BCUT2D eigenvalue weighted by Gasteiger charge is 2.70. The summed E-state index contributed by atoms with van der Waals surface area (Å²) in [5.41, 5.74) is 7.28. The quantitative estimate of drug-likeness (QED) is 0.636. The molecule has 6 rings (SSSR count). The van der Waals surface area contributed by atoms with E-state index in [0.717, 1.165) is 38.0 Å². The van der Waals surface area contributed by atoms with Crippen LogP contribution >= 0.6 is 11.8 Å². The normalized spacial score (nSPS) is 42.3. The van der Waals surface area contributed by atoms with E-state index in [1.54, 1.807) is 0 Å². The van der Waals surface area contributed by atoms with Crippen LogP contribution in [-0.2, 0) is 10.2 Å². The van der Waals surface area contributed by atoms with E-state index in [2.05, 4.69) is 54.0 Å². The number of aliphatic imine (C=N–C) groups is 1. The van der Waals surface area contributed by atoms with Gasteiger partial charge < -0.3 is 5.73 Å². The molecule has 3 nitrogen and oxygen atoms in total. The molecule has 0 radical (unpaired) electrons. The number of hydrogen-bond donors (Lipinski definition) is 1. The summed E-state index contributed by atoms with van der Waals surface area (Å²) >= 11 is 2.10. The van der Waals surface area contributed by atoms with Gasteiger partial charge in [0.25, 0.3) is 5.91 Å². The van der Waals surface area contributed by atoms with Crippen LogP contribution in [0.15, 0.2) is 35.3 Å². The number of carbonyl (C=O) groups excluding carboxylic acids is 1. The van der Waals surface area contributed by atoms with Crippen LogP contribution in [0.1, 0.15) is 63.9 Å². The molecule has 5 fully saturated rings. The Bertz CT molecular complexity index is 803. The monoisotopic (exact) mass is 424 g/mol. The first-order valence-corrected chi connectivity index (χ1v) is 13.1. The van der Waals surface area contributed by atoms with Crippen molar-refractivity contribution >= 4 is 23.9 Å².